The van der Waals surface area contributed by atoms with Crippen LogP contribution in [0.3, 0.4) is 0 Å². The van der Waals surface area contributed by atoms with Gasteiger partial charge in [-0.3, -0.25) is 4.79 Å². The van der Waals surface area contributed by atoms with Gasteiger partial charge in [0, 0.05) is 26.1 Å². The van der Waals surface area contributed by atoms with Crippen molar-refractivity contribution in [2.24, 2.45) is 18.0 Å². The number of thiazole rings is 1. The number of sulfonamides is 1. The third kappa shape index (κ3) is 3.94. The molecule has 30 heavy (non-hydrogen) atoms. The first-order valence-electron chi connectivity index (χ1n) is 9.36. The minimum atomic E-state index is -3.71. The molecule has 1 saturated heterocycles. The molecule has 0 atom stereocenters. The standard InChI is InChI=1S/C20H19ClFN3O3S2/c1-24-18-16(21)3-2-4-17(18)29-20(24)23-19(26)13-9-11-25(12-10-13)30(27,28)15-7-5-14(22)6-8-15/h2-8,13H,9-12H2,1H3. The number of fused-ring (bicyclic) bond motifs is 1. The highest BCUT2D eigenvalue weighted by Crippen LogP contribution is 2.26. The van der Waals surface area contributed by atoms with Crippen LogP contribution in [0.25, 0.3) is 10.2 Å². The first-order chi connectivity index (χ1) is 14.3. The number of halogens is 2. The Bertz CT molecular complexity index is 1270. The third-order valence-corrected chi connectivity index (χ3v) is 8.55. The molecule has 2 heterocycles. The molecule has 0 bridgehead atoms. The van der Waals surface area contributed by atoms with E-state index in [4.69, 9.17) is 11.6 Å². The average molecular weight is 468 g/mol. The van der Waals surface area contributed by atoms with Crippen LogP contribution in [-0.2, 0) is 21.9 Å². The largest absolute Gasteiger partial charge is 0.318 e. The van der Waals surface area contributed by atoms with Gasteiger partial charge in [-0.1, -0.05) is 29.0 Å². The summed E-state index contributed by atoms with van der Waals surface area (Å²) < 4.78 is 42.6. The third-order valence-electron chi connectivity index (χ3n) is 5.23. The van der Waals surface area contributed by atoms with Gasteiger partial charge in [0.2, 0.25) is 10.0 Å². The molecular formula is C20H19ClFN3O3S2. The van der Waals surface area contributed by atoms with Gasteiger partial charge in [0.05, 0.1) is 20.1 Å². The maximum absolute atomic E-state index is 13.1. The van der Waals surface area contributed by atoms with E-state index in [1.54, 1.807) is 10.6 Å². The fraction of sp³-hybridized carbons (Fsp3) is 0.300. The van der Waals surface area contributed by atoms with Crippen molar-refractivity contribution in [3.8, 4) is 0 Å². The molecule has 3 aromatic rings. The van der Waals surface area contributed by atoms with Gasteiger partial charge < -0.3 is 4.57 Å². The van der Waals surface area contributed by atoms with E-state index >= 15 is 0 Å². The van der Waals surface area contributed by atoms with Gasteiger partial charge in [-0.05, 0) is 49.2 Å². The van der Waals surface area contributed by atoms with Crippen LogP contribution >= 0.6 is 22.9 Å². The molecule has 0 radical (unpaired) electrons. The molecule has 4 rings (SSSR count). The Hall–Kier alpha value is -2.07. The van der Waals surface area contributed by atoms with E-state index < -0.39 is 15.8 Å². The van der Waals surface area contributed by atoms with Crippen molar-refractivity contribution in [2.45, 2.75) is 17.7 Å². The van der Waals surface area contributed by atoms with Gasteiger partial charge in [-0.15, -0.1) is 0 Å². The zero-order valence-corrected chi connectivity index (χ0v) is 18.5. The quantitative estimate of drug-likeness (QED) is 0.591. The van der Waals surface area contributed by atoms with Gasteiger partial charge in [-0.2, -0.15) is 9.30 Å². The number of rotatable bonds is 3. The van der Waals surface area contributed by atoms with Crippen molar-refractivity contribution in [3.63, 3.8) is 0 Å². The van der Waals surface area contributed by atoms with E-state index in [2.05, 4.69) is 4.99 Å². The number of nitrogens with zero attached hydrogens (tertiary/aromatic N) is 3. The molecule has 0 N–H and O–H groups in total. The predicted octanol–water partition coefficient (Wildman–Crippen LogP) is 3.56. The van der Waals surface area contributed by atoms with Crippen LogP contribution in [0.15, 0.2) is 52.4 Å². The number of aryl methyl sites for hydroxylation is 1. The van der Waals surface area contributed by atoms with Crippen molar-refractivity contribution in [1.82, 2.24) is 8.87 Å². The minimum absolute atomic E-state index is 0.0487. The average Bonchev–Trinajstić information content (AvgIpc) is 3.05. The molecule has 2 aromatic carbocycles. The lowest BCUT2D eigenvalue weighted by atomic mass is 9.98. The highest BCUT2D eigenvalue weighted by Gasteiger charge is 2.32. The minimum Gasteiger partial charge on any atom is -0.318 e. The number of hydrogen-bond donors (Lipinski definition) is 0. The van der Waals surface area contributed by atoms with Crippen molar-refractivity contribution in [2.75, 3.05) is 13.1 Å². The summed E-state index contributed by atoms with van der Waals surface area (Å²) in [6.45, 7) is 0.437. The SMILES string of the molecule is Cn1c(=NC(=O)C2CCN(S(=O)(=O)c3ccc(F)cc3)CC2)sc2cccc(Cl)c21. The van der Waals surface area contributed by atoms with E-state index in [0.29, 0.717) is 22.7 Å². The van der Waals surface area contributed by atoms with Crippen LogP contribution in [0.4, 0.5) is 4.39 Å². The highest BCUT2D eigenvalue weighted by atomic mass is 35.5. The molecule has 1 aliphatic heterocycles. The van der Waals surface area contributed by atoms with Crippen molar-refractivity contribution >= 4 is 49.1 Å². The predicted molar refractivity (Wildman–Crippen MR) is 114 cm³/mol. The van der Waals surface area contributed by atoms with Crippen LogP contribution in [0.1, 0.15) is 12.8 Å². The summed E-state index contributed by atoms with van der Waals surface area (Å²) in [7, 11) is -1.89. The summed E-state index contributed by atoms with van der Waals surface area (Å²) in [5.41, 5.74) is 0.830. The van der Waals surface area contributed by atoms with E-state index in [0.717, 1.165) is 22.3 Å². The molecule has 0 saturated carbocycles. The summed E-state index contributed by atoms with van der Waals surface area (Å²) in [5, 5.41) is 0.597. The normalized spacial score (nSPS) is 17.0. The molecule has 0 aliphatic carbocycles. The van der Waals surface area contributed by atoms with Crippen LogP contribution in [-0.4, -0.2) is 36.3 Å². The fourth-order valence-corrected chi connectivity index (χ4v) is 6.43. The molecule has 10 heteroatoms. The Labute approximate surface area is 182 Å². The Morgan fingerprint density at radius 1 is 1.17 bits per heavy atom. The summed E-state index contributed by atoms with van der Waals surface area (Å²) in [6, 6.07) is 10.3. The van der Waals surface area contributed by atoms with Crippen LogP contribution in [0, 0.1) is 11.7 Å². The molecule has 0 spiro atoms. The van der Waals surface area contributed by atoms with Crippen LogP contribution < -0.4 is 4.80 Å². The molecule has 0 unspecified atom stereocenters. The van der Waals surface area contributed by atoms with Crippen molar-refractivity contribution in [1.29, 1.82) is 0 Å². The fourth-order valence-electron chi connectivity index (χ4n) is 3.55. The number of para-hydroxylation sites is 1. The Balaban J connectivity index is 1.50. The van der Waals surface area contributed by atoms with Crippen molar-refractivity contribution < 1.29 is 17.6 Å². The zero-order valence-electron chi connectivity index (χ0n) is 16.1. The van der Waals surface area contributed by atoms with Gasteiger partial charge in [0.15, 0.2) is 4.80 Å². The first kappa shape index (κ1) is 21.2. The highest BCUT2D eigenvalue weighted by molar-refractivity contribution is 7.89. The molecular weight excluding hydrogens is 449 g/mol. The monoisotopic (exact) mass is 467 g/mol. The Kier molecular flexibility index (Phi) is 5.80. The van der Waals surface area contributed by atoms with Gasteiger partial charge in [-0.25, -0.2) is 12.8 Å². The number of hydrogen-bond acceptors (Lipinski definition) is 4. The molecule has 1 aliphatic rings. The molecule has 158 valence electrons. The van der Waals surface area contributed by atoms with E-state index in [9.17, 15) is 17.6 Å². The lowest BCUT2D eigenvalue weighted by molar-refractivity contribution is -0.122. The van der Waals surface area contributed by atoms with E-state index in [1.165, 1.54) is 27.8 Å². The molecule has 6 nitrogen and oxygen atoms in total. The number of carbonyl (C=O) groups is 1. The second-order valence-electron chi connectivity index (χ2n) is 7.11. The lowest BCUT2D eigenvalue weighted by Gasteiger charge is -2.29. The smallest absolute Gasteiger partial charge is 0.251 e. The van der Waals surface area contributed by atoms with Crippen molar-refractivity contribution in [3.05, 3.63) is 58.1 Å². The van der Waals surface area contributed by atoms with E-state index in [1.807, 2.05) is 19.2 Å². The number of amides is 1. The molecule has 1 aromatic heterocycles. The maximum Gasteiger partial charge on any atom is 0.251 e. The second kappa shape index (κ2) is 8.22. The number of aromatic nitrogens is 1. The Morgan fingerprint density at radius 3 is 2.47 bits per heavy atom. The summed E-state index contributed by atoms with van der Waals surface area (Å²) in [4.78, 5) is 17.6. The summed E-state index contributed by atoms with van der Waals surface area (Å²) >= 11 is 7.64. The number of carbonyl (C=O) groups excluding carboxylic acids is 1. The molecule has 1 amide bonds. The van der Waals surface area contributed by atoms with Crippen LogP contribution in [0.5, 0.6) is 0 Å². The first-order valence-corrected chi connectivity index (χ1v) is 12.0. The number of piperidine rings is 1. The zero-order chi connectivity index (χ0) is 21.5. The molecule has 1 fully saturated rings. The van der Waals surface area contributed by atoms with E-state index in [-0.39, 0.29) is 29.8 Å². The topological polar surface area (TPSA) is 71.7 Å². The van der Waals surface area contributed by atoms with Gasteiger partial charge >= 0.3 is 0 Å². The number of benzene rings is 2. The second-order valence-corrected chi connectivity index (χ2v) is 10.5. The lowest BCUT2D eigenvalue weighted by Crippen LogP contribution is -2.40. The van der Waals surface area contributed by atoms with Gasteiger partial charge in [0.1, 0.15) is 5.82 Å². The Morgan fingerprint density at radius 2 is 1.83 bits per heavy atom. The summed E-state index contributed by atoms with van der Waals surface area (Å²) in [5.74, 6) is -1.09. The van der Waals surface area contributed by atoms with Gasteiger partial charge in [0.25, 0.3) is 5.91 Å². The maximum atomic E-state index is 13.1. The van der Waals surface area contributed by atoms with Crippen LogP contribution in [0.2, 0.25) is 5.02 Å². The summed E-state index contributed by atoms with van der Waals surface area (Å²) in [6.07, 6.45) is 0.774.